The van der Waals surface area contributed by atoms with Crippen molar-refractivity contribution in [2.75, 3.05) is 0 Å². The summed E-state index contributed by atoms with van der Waals surface area (Å²) in [6, 6.07) is 13.0. The van der Waals surface area contributed by atoms with E-state index in [0.717, 1.165) is 5.75 Å². The zero-order chi connectivity index (χ0) is 11.5. The van der Waals surface area contributed by atoms with Gasteiger partial charge in [0.2, 0.25) is 0 Å². The predicted molar refractivity (Wildman–Crippen MR) is 71.2 cm³/mol. The molecular formula is C12H9BCl2O. The first-order valence-corrected chi connectivity index (χ1v) is 5.60. The second-order valence-corrected chi connectivity index (χ2v) is 4.31. The fraction of sp³-hybridized carbons (Fsp3) is 0. The van der Waals surface area contributed by atoms with Crippen molar-refractivity contribution in [3.63, 3.8) is 0 Å². The van der Waals surface area contributed by atoms with E-state index >= 15 is 0 Å². The lowest BCUT2D eigenvalue weighted by atomic mass is 9.97. The third-order valence-electron chi connectivity index (χ3n) is 2.15. The molecular weight excluding hydrogens is 242 g/mol. The summed E-state index contributed by atoms with van der Waals surface area (Å²) >= 11 is 11.7. The van der Waals surface area contributed by atoms with Crippen molar-refractivity contribution in [3.8, 4) is 11.5 Å². The minimum absolute atomic E-state index is 0.492. The maximum absolute atomic E-state index is 5.89. The zero-order valence-electron chi connectivity index (χ0n) is 8.71. The standard InChI is InChI=1S/C12H9BCl2O/c13-8-1-3-9(4-2-8)16-10-5-6-11(14)12(15)7-10/h1-7H,13H2. The molecule has 4 heteroatoms. The van der Waals surface area contributed by atoms with E-state index in [-0.39, 0.29) is 0 Å². The summed E-state index contributed by atoms with van der Waals surface area (Å²) in [5.74, 6) is 1.46. The van der Waals surface area contributed by atoms with E-state index in [0.29, 0.717) is 15.8 Å². The summed E-state index contributed by atoms with van der Waals surface area (Å²) in [4.78, 5) is 0. The number of hydrogen-bond donors (Lipinski definition) is 0. The van der Waals surface area contributed by atoms with E-state index in [1.54, 1.807) is 18.2 Å². The summed E-state index contributed by atoms with van der Waals surface area (Å²) in [5, 5.41) is 1.02. The molecule has 0 atom stereocenters. The number of hydrogen-bond acceptors (Lipinski definition) is 1. The monoisotopic (exact) mass is 250 g/mol. The quantitative estimate of drug-likeness (QED) is 0.745. The molecule has 0 saturated carbocycles. The third kappa shape index (κ3) is 2.72. The van der Waals surface area contributed by atoms with Gasteiger partial charge in [-0.2, -0.15) is 0 Å². The van der Waals surface area contributed by atoms with Gasteiger partial charge in [0.1, 0.15) is 19.3 Å². The predicted octanol–water partition coefficient (Wildman–Crippen LogP) is 3.04. The van der Waals surface area contributed by atoms with Crippen LogP contribution in [0.4, 0.5) is 0 Å². The first kappa shape index (κ1) is 11.4. The SMILES string of the molecule is Bc1ccc(Oc2ccc(Cl)c(Cl)c2)cc1. The maximum atomic E-state index is 5.89. The van der Waals surface area contributed by atoms with Crippen LogP contribution in [0, 0.1) is 0 Å². The number of benzene rings is 2. The molecule has 0 aromatic heterocycles. The molecule has 2 aromatic carbocycles. The van der Waals surface area contributed by atoms with Crippen molar-refractivity contribution in [2.45, 2.75) is 0 Å². The molecule has 0 saturated heterocycles. The topological polar surface area (TPSA) is 9.23 Å². The maximum Gasteiger partial charge on any atom is 0.139 e. The third-order valence-corrected chi connectivity index (χ3v) is 2.89. The first-order valence-electron chi connectivity index (χ1n) is 4.85. The van der Waals surface area contributed by atoms with Crippen molar-refractivity contribution < 1.29 is 4.74 Å². The highest BCUT2D eigenvalue weighted by atomic mass is 35.5. The first-order chi connectivity index (χ1) is 7.65. The van der Waals surface area contributed by atoms with Gasteiger partial charge in [-0.15, -0.1) is 0 Å². The molecule has 0 radical (unpaired) electrons. The molecule has 0 N–H and O–H groups in total. The highest BCUT2D eigenvalue weighted by Gasteiger charge is 2.01. The van der Waals surface area contributed by atoms with Gasteiger partial charge in [0.25, 0.3) is 0 Å². The lowest BCUT2D eigenvalue weighted by Gasteiger charge is -2.06. The smallest absolute Gasteiger partial charge is 0.139 e. The average molecular weight is 251 g/mol. The summed E-state index contributed by atoms with van der Waals surface area (Å²) in [6.07, 6.45) is 0. The molecule has 2 rings (SSSR count). The van der Waals surface area contributed by atoms with Crippen molar-refractivity contribution in [2.24, 2.45) is 0 Å². The van der Waals surface area contributed by atoms with Crippen LogP contribution in [-0.4, -0.2) is 7.85 Å². The van der Waals surface area contributed by atoms with E-state index in [4.69, 9.17) is 27.9 Å². The Labute approximate surface area is 105 Å². The summed E-state index contributed by atoms with van der Waals surface area (Å²) in [6.45, 7) is 0. The van der Waals surface area contributed by atoms with Gasteiger partial charge in [-0.05, 0) is 24.3 Å². The number of ether oxygens (including phenoxy) is 1. The highest BCUT2D eigenvalue weighted by Crippen LogP contribution is 2.28. The van der Waals surface area contributed by atoms with Gasteiger partial charge in [-0.3, -0.25) is 0 Å². The molecule has 0 amide bonds. The Morgan fingerprint density at radius 1 is 0.812 bits per heavy atom. The van der Waals surface area contributed by atoms with Crippen molar-refractivity contribution in [1.29, 1.82) is 0 Å². The Morgan fingerprint density at radius 3 is 2.06 bits per heavy atom. The highest BCUT2D eigenvalue weighted by molar-refractivity contribution is 6.42. The molecule has 0 aliphatic carbocycles. The van der Waals surface area contributed by atoms with Crippen molar-refractivity contribution in [3.05, 3.63) is 52.5 Å². The summed E-state index contributed by atoms with van der Waals surface area (Å²) < 4.78 is 5.63. The average Bonchev–Trinajstić information content (AvgIpc) is 2.27. The summed E-state index contributed by atoms with van der Waals surface area (Å²) in [5.41, 5.74) is 1.20. The number of halogens is 2. The van der Waals surface area contributed by atoms with E-state index in [9.17, 15) is 0 Å². The van der Waals surface area contributed by atoms with E-state index in [1.165, 1.54) is 5.46 Å². The minimum atomic E-state index is 0.492. The molecule has 0 aliphatic heterocycles. The fourth-order valence-electron chi connectivity index (χ4n) is 1.28. The Balaban J connectivity index is 2.20. The molecule has 16 heavy (non-hydrogen) atoms. The lowest BCUT2D eigenvalue weighted by molar-refractivity contribution is 0.483. The van der Waals surface area contributed by atoms with Gasteiger partial charge in [-0.25, -0.2) is 0 Å². The van der Waals surface area contributed by atoms with Gasteiger partial charge < -0.3 is 4.74 Å². The van der Waals surface area contributed by atoms with Crippen molar-refractivity contribution in [1.82, 2.24) is 0 Å². The van der Waals surface area contributed by atoms with Gasteiger partial charge in [-0.1, -0.05) is 40.8 Å². The van der Waals surface area contributed by atoms with Crippen LogP contribution in [0.25, 0.3) is 0 Å². The molecule has 0 heterocycles. The Bertz CT molecular complexity index is 497. The van der Waals surface area contributed by atoms with Crippen LogP contribution in [0.15, 0.2) is 42.5 Å². The fourth-order valence-corrected chi connectivity index (χ4v) is 1.57. The Hall–Kier alpha value is -1.12. The Kier molecular flexibility index (Phi) is 3.42. The molecule has 0 fully saturated rings. The normalized spacial score (nSPS) is 10.1. The minimum Gasteiger partial charge on any atom is -0.457 e. The lowest BCUT2D eigenvalue weighted by Crippen LogP contribution is -1.99. The molecule has 0 unspecified atom stereocenters. The van der Waals surface area contributed by atoms with E-state index in [2.05, 4.69) is 0 Å². The van der Waals surface area contributed by atoms with Crippen LogP contribution in [0.5, 0.6) is 11.5 Å². The van der Waals surface area contributed by atoms with Crippen molar-refractivity contribution >= 4 is 36.5 Å². The molecule has 2 aromatic rings. The van der Waals surface area contributed by atoms with Gasteiger partial charge in [0, 0.05) is 6.07 Å². The van der Waals surface area contributed by atoms with Gasteiger partial charge in [0.15, 0.2) is 0 Å². The van der Waals surface area contributed by atoms with Crippen LogP contribution in [0.1, 0.15) is 0 Å². The number of rotatable bonds is 2. The Morgan fingerprint density at radius 2 is 1.44 bits per heavy atom. The van der Waals surface area contributed by atoms with Crippen LogP contribution in [0.2, 0.25) is 10.0 Å². The van der Waals surface area contributed by atoms with Crippen LogP contribution < -0.4 is 10.2 Å². The zero-order valence-corrected chi connectivity index (χ0v) is 10.2. The van der Waals surface area contributed by atoms with Gasteiger partial charge in [0.05, 0.1) is 10.0 Å². The molecule has 0 bridgehead atoms. The second-order valence-electron chi connectivity index (χ2n) is 3.49. The van der Waals surface area contributed by atoms with E-state index in [1.807, 2.05) is 32.1 Å². The molecule has 1 nitrogen and oxygen atoms in total. The molecule has 0 aliphatic rings. The van der Waals surface area contributed by atoms with Crippen LogP contribution in [0.3, 0.4) is 0 Å². The van der Waals surface area contributed by atoms with Crippen LogP contribution >= 0.6 is 23.2 Å². The molecule has 80 valence electrons. The largest absolute Gasteiger partial charge is 0.457 e. The van der Waals surface area contributed by atoms with Crippen LogP contribution in [-0.2, 0) is 0 Å². The molecule has 0 spiro atoms. The van der Waals surface area contributed by atoms with E-state index < -0.39 is 0 Å². The van der Waals surface area contributed by atoms with Gasteiger partial charge >= 0.3 is 0 Å². The second kappa shape index (κ2) is 4.81. The summed E-state index contributed by atoms with van der Waals surface area (Å²) in [7, 11) is 2.03.